The molecule has 0 atom stereocenters. The van der Waals surface area contributed by atoms with E-state index in [1.54, 1.807) is 0 Å². The summed E-state index contributed by atoms with van der Waals surface area (Å²) in [5, 5.41) is 4.73. The second-order valence-electron chi connectivity index (χ2n) is 17.7. The Morgan fingerprint density at radius 2 is 0.725 bits per heavy atom. The van der Waals surface area contributed by atoms with Crippen LogP contribution in [0.15, 0.2) is 271 Å². The highest BCUT2D eigenvalue weighted by Gasteiger charge is 2.20. The lowest BCUT2D eigenvalue weighted by molar-refractivity contribution is 0.670. The van der Waals surface area contributed by atoms with Crippen LogP contribution in [-0.2, 0) is 0 Å². The van der Waals surface area contributed by atoms with Crippen LogP contribution in [0.5, 0.6) is 0 Å². The van der Waals surface area contributed by atoms with Gasteiger partial charge in [0, 0.05) is 49.7 Å². The Morgan fingerprint density at radius 3 is 1.38 bits per heavy atom. The smallest absolute Gasteiger partial charge is 0.143 e. The Bertz CT molecular complexity index is 3930. The molecule has 324 valence electrons. The van der Waals surface area contributed by atoms with Crippen molar-refractivity contribution in [2.75, 3.05) is 4.90 Å². The van der Waals surface area contributed by atoms with Crippen LogP contribution in [0.4, 0.5) is 17.1 Å². The molecule has 0 saturated carbocycles. The van der Waals surface area contributed by atoms with Crippen molar-refractivity contribution in [1.29, 1.82) is 0 Å². The number of anilines is 3. The molecule has 0 aliphatic carbocycles. The van der Waals surface area contributed by atoms with Crippen molar-refractivity contribution in [3.8, 4) is 61.3 Å². The zero-order valence-corrected chi connectivity index (χ0v) is 37.7. The van der Waals surface area contributed by atoms with Crippen LogP contribution < -0.4 is 4.90 Å². The number of fused-ring (bicyclic) bond motifs is 6. The van der Waals surface area contributed by atoms with Crippen molar-refractivity contribution in [2.45, 2.75) is 0 Å². The number of furan rings is 1. The zero-order valence-electron chi connectivity index (χ0n) is 37.7. The van der Waals surface area contributed by atoms with Crippen molar-refractivity contribution in [3.63, 3.8) is 0 Å². The molecule has 0 fully saturated rings. The van der Waals surface area contributed by atoms with E-state index in [9.17, 15) is 0 Å². The van der Waals surface area contributed by atoms with Crippen LogP contribution in [0.3, 0.4) is 0 Å². The molecule has 13 aromatic rings. The molecule has 0 amide bonds. The van der Waals surface area contributed by atoms with Gasteiger partial charge in [0.05, 0.1) is 16.7 Å². The molecule has 2 aromatic heterocycles. The lowest BCUT2D eigenvalue weighted by Gasteiger charge is -2.26. The molecule has 2 heterocycles. The fraction of sp³-hybridized carbons (Fsp3) is 0. The first-order chi connectivity index (χ1) is 34.2. The summed E-state index contributed by atoms with van der Waals surface area (Å²) >= 11 is 0. The minimum Gasteiger partial charge on any atom is -0.455 e. The number of hydrogen-bond donors (Lipinski definition) is 0. The maximum atomic E-state index is 6.48. The molecular formula is C66H44N2O. The summed E-state index contributed by atoms with van der Waals surface area (Å²) < 4.78 is 8.92. The molecule has 13 rings (SSSR count). The van der Waals surface area contributed by atoms with Crippen LogP contribution >= 0.6 is 0 Å². The fourth-order valence-electron chi connectivity index (χ4n) is 10.3. The standard InChI is InChI=1S/C66H44N2O/c1-3-15-45(16-4-1)47-29-31-48(32-30-47)51-19-13-20-55(43-51)67(54-40-35-50(36-41-54)57-24-14-25-61-60-23-9-12-28-65(60)69-66(57)61)53-38-33-49(34-39-53)56-42-37-52(46-17-5-2-6-18-46)44-64(56)68-62-26-10-7-21-58(62)59-22-8-11-27-63(59)68/h1-44H. The predicted octanol–water partition coefficient (Wildman–Crippen LogP) is 18.5. The Kier molecular flexibility index (Phi) is 9.84. The van der Waals surface area contributed by atoms with Gasteiger partial charge in [-0.15, -0.1) is 0 Å². The predicted molar refractivity (Wildman–Crippen MR) is 290 cm³/mol. The van der Waals surface area contributed by atoms with E-state index in [0.29, 0.717) is 0 Å². The van der Waals surface area contributed by atoms with Gasteiger partial charge in [0.15, 0.2) is 0 Å². The first-order valence-corrected chi connectivity index (χ1v) is 23.6. The molecule has 0 bridgehead atoms. The molecule has 0 spiro atoms. The molecular weight excluding hydrogens is 837 g/mol. The summed E-state index contributed by atoms with van der Waals surface area (Å²) in [7, 11) is 0. The van der Waals surface area contributed by atoms with Crippen molar-refractivity contribution in [2.24, 2.45) is 0 Å². The molecule has 69 heavy (non-hydrogen) atoms. The van der Waals surface area contributed by atoms with Crippen LogP contribution in [0.25, 0.3) is 105 Å². The van der Waals surface area contributed by atoms with Gasteiger partial charge in [-0.1, -0.05) is 206 Å². The molecule has 0 aliphatic rings. The lowest BCUT2D eigenvalue weighted by atomic mass is 9.97. The van der Waals surface area contributed by atoms with Crippen molar-refractivity contribution >= 4 is 60.8 Å². The summed E-state index contributed by atoms with van der Waals surface area (Å²) in [5.41, 5.74) is 20.0. The Labute approximate surface area is 401 Å². The molecule has 3 heteroatoms. The van der Waals surface area contributed by atoms with Crippen LogP contribution in [-0.4, -0.2) is 4.57 Å². The quantitative estimate of drug-likeness (QED) is 0.144. The van der Waals surface area contributed by atoms with Gasteiger partial charge in [-0.2, -0.15) is 0 Å². The second kappa shape index (κ2) is 16.9. The third-order valence-corrected chi connectivity index (χ3v) is 13.6. The topological polar surface area (TPSA) is 21.3 Å². The highest BCUT2D eigenvalue weighted by molar-refractivity contribution is 6.11. The van der Waals surface area contributed by atoms with Gasteiger partial charge in [-0.05, 0) is 105 Å². The van der Waals surface area contributed by atoms with Crippen LogP contribution in [0.1, 0.15) is 0 Å². The van der Waals surface area contributed by atoms with E-state index in [-0.39, 0.29) is 0 Å². The molecule has 3 nitrogen and oxygen atoms in total. The fourth-order valence-corrected chi connectivity index (χ4v) is 10.3. The zero-order chi connectivity index (χ0) is 45.7. The molecule has 0 N–H and O–H groups in total. The summed E-state index contributed by atoms with van der Waals surface area (Å²) in [4.78, 5) is 2.36. The number of hydrogen-bond acceptors (Lipinski definition) is 2. The van der Waals surface area contributed by atoms with Crippen molar-refractivity contribution in [3.05, 3.63) is 267 Å². The van der Waals surface area contributed by atoms with Gasteiger partial charge in [-0.25, -0.2) is 0 Å². The average Bonchev–Trinajstić information content (AvgIpc) is 3.98. The van der Waals surface area contributed by atoms with E-state index >= 15 is 0 Å². The number of benzene rings is 11. The Balaban J connectivity index is 0.932. The van der Waals surface area contributed by atoms with E-state index < -0.39 is 0 Å². The highest BCUT2D eigenvalue weighted by Crippen LogP contribution is 2.43. The number of nitrogens with zero attached hydrogens (tertiary/aromatic N) is 2. The normalized spacial score (nSPS) is 11.5. The maximum Gasteiger partial charge on any atom is 0.143 e. The Hall–Kier alpha value is -9.18. The minimum absolute atomic E-state index is 0.898. The van der Waals surface area contributed by atoms with Crippen molar-refractivity contribution < 1.29 is 4.42 Å². The van der Waals surface area contributed by atoms with Gasteiger partial charge in [0.1, 0.15) is 11.2 Å². The largest absolute Gasteiger partial charge is 0.455 e. The van der Waals surface area contributed by atoms with Gasteiger partial charge < -0.3 is 13.9 Å². The van der Waals surface area contributed by atoms with Crippen molar-refractivity contribution in [1.82, 2.24) is 4.57 Å². The SMILES string of the molecule is c1ccc(-c2ccc(-c3cccc(N(c4ccc(-c5ccc(-c6ccccc6)cc5-n5c6ccccc6c6ccccc65)cc4)c4ccc(-c5cccc6c5oc5ccccc56)cc4)c3)cc2)cc1. The van der Waals surface area contributed by atoms with Gasteiger partial charge >= 0.3 is 0 Å². The molecule has 0 unspecified atom stereocenters. The second-order valence-corrected chi connectivity index (χ2v) is 17.7. The van der Waals surface area contributed by atoms with E-state index in [2.05, 4.69) is 264 Å². The molecule has 0 aliphatic heterocycles. The summed E-state index contributed by atoms with van der Waals surface area (Å²) in [5.74, 6) is 0. The van der Waals surface area contributed by atoms with E-state index in [1.807, 2.05) is 12.1 Å². The average molecular weight is 881 g/mol. The lowest BCUT2D eigenvalue weighted by Crippen LogP contribution is -2.10. The van der Waals surface area contributed by atoms with Crippen LogP contribution in [0, 0.1) is 0 Å². The molecule has 0 saturated heterocycles. The number of rotatable bonds is 9. The number of aromatic nitrogens is 1. The van der Waals surface area contributed by atoms with E-state index in [1.165, 1.54) is 44.1 Å². The summed E-state index contributed by atoms with van der Waals surface area (Å²) in [6, 6.07) is 96.1. The third-order valence-electron chi connectivity index (χ3n) is 13.6. The van der Waals surface area contributed by atoms with E-state index in [0.717, 1.165) is 78.1 Å². The number of para-hydroxylation sites is 4. The first-order valence-electron chi connectivity index (χ1n) is 23.6. The minimum atomic E-state index is 0.898. The van der Waals surface area contributed by atoms with E-state index in [4.69, 9.17) is 4.42 Å². The monoisotopic (exact) mass is 880 g/mol. The van der Waals surface area contributed by atoms with Crippen LogP contribution in [0.2, 0.25) is 0 Å². The van der Waals surface area contributed by atoms with Gasteiger partial charge in [-0.3, -0.25) is 0 Å². The van der Waals surface area contributed by atoms with Gasteiger partial charge in [0.25, 0.3) is 0 Å². The maximum absolute atomic E-state index is 6.48. The Morgan fingerprint density at radius 1 is 0.275 bits per heavy atom. The summed E-state index contributed by atoms with van der Waals surface area (Å²) in [6.07, 6.45) is 0. The molecule has 11 aromatic carbocycles. The third kappa shape index (κ3) is 7.16. The summed E-state index contributed by atoms with van der Waals surface area (Å²) in [6.45, 7) is 0. The highest BCUT2D eigenvalue weighted by atomic mass is 16.3. The van der Waals surface area contributed by atoms with Gasteiger partial charge in [0.2, 0.25) is 0 Å². The first kappa shape index (κ1) is 40.1. The molecule has 0 radical (unpaired) electrons.